The number of carbonyl (C=O) groups is 2. The van der Waals surface area contributed by atoms with E-state index in [0.717, 1.165) is 5.56 Å². The van der Waals surface area contributed by atoms with E-state index in [1.807, 2.05) is 31.1 Å². The molecule has 2 amide bonds. The fourth-order valence-corrected chi connectivity index (χ4v) is 5.46. The Hall–Kier alpha value is -3.34. The maximum atomic E-state index is 13.5. The molecule has 2 aromatic carbocycles. The molecule has 0 spiro atoms. The largest absolute Gasteiger partial charge is 0.504 e. The zero-order valence-corrected chi connectivity index (χ0v) is 19.7. The molecule has 0 aromatic heterocycles. The van der Waals surface area contributed by atoms with Crippen LogP contribution in [0, 0.1) is 5.92 Å². The first-order valence-electron chi connectivity index (χ1n) is 11.5. The summed E-state index contributed by atoms with van der Waals surface area (Å²) in [4.78, 5) is 28.4. The van der Waals surface area contributed by atoms with Crippen LogP contribution in [0.5, 0.6) is 17.2 Å². The lowest BCUT2D eigenvalue weighted by molar-refractivity contribution is -0.0618. The second-order valence-electron chi connectivity index (χ2n) is 9.68. The van der Waals surface area contributed by atoms with E-state index >= 15 is 0 Å². The van der Waals surface area contributed by atoms with Crippen LogP contribution in [-0.2, 0) is 6.54 Å². The maximum Gasteiger partial charge on any atom is 0.255 e. The Morgan fingerprint density at radius 1 is 1.20 bits per heavy atom. The van der Waals surface area contributed by atoms with E-state index in [4.69, 9.17) is 9.47 Å². The highest BCUT2D eigenvalue weighted by molar-refractivity contribution is 6.02. The summed E-state index contributed by atoms with van der Waals surface area (Å²) < 4.78 is 10.8. The van der Waals surface area contributed by atoms with E-state index in [1.165, 1.54) is 0 Å². The lowest BCUT2D eigenvalue weighted by Gasteiger charge is -2.50. The van der Waals surface area contributed by atoms with Gasteiger partial charge in [0.2, 0.25) is 12.5 Å². The van der Waals surface area contributed by atoms with Gasteiger partial charge >= 0.3 is 0 Å². The van der Waals surface area contributed by atoms with E-state index in [-0.39, 0.29) is 35.5 Å². The van der Waals surface area contributed by atoms with Gasteiger partial charge in [0, 0.05) is 23.9 Å². The topological polar surface area (TPSA) is 141 Å². The molecule has 3 aliphatic rings. The van der Waals surface area contributed by atoms with E-state index in [0.29, 0.717) is 17.7 Å². The number of carbonyl (C=O) groups excluding carboxylic acids is 2. The molecule has 1 saturated carbocycles. The second kappa shape index (κ2) is 8.71. The van der Waals surface area contributed by atoms with Crippen LogP contribution in [0.4, 0.5) is 0 Å². The molecule has 10 nitrogen and oxygen atoms in total. The number of phenolic OH excluding ortho intramolecular Hbond substituents is 1. The Morgan fingerprint density at radius 2 is 1.94 bits per heavy atom. The fourth-order valence-electron chi connectivity index (χ4n) is 5.46. The average Bonchev–Trinajstić information content (AvgIpc) is 3.29. The normalized spacial score (nSPS) is 28.8. The van der Waals surface area contributed by atoms with Crippen LogP contribution < -0.4 is 20.1 Å². The van der Waals surface area contributed by atoms with E-state index in [9.17, 15) is 24.9 Å². The van der Waals surface area contributed by atoms with Gasteiger partial charge in [0.25, 0.3) is 11.8 Å². The molecule has 2 heterocycles. The molecule has 0 unspecified atom stereocenters. The van der Waals surface area contributed by atoms with Gasteiger partial charge < -0.3 is 40.3 Å². The number of aromatic hydroxyl groups is 1. The highest BCUT2D eigenvalue weighted by atomic mass is 16.7. The van der Waals surface area contributed by atoms with Crippen molar-refractivity contribution in [1.29, 1.82) is 0 Å². The lowest BCUT2D eigenvalue weighted by atomic mass is 9.66. The molecule has 6 atom stereocenters. The molecule has 5 N–H and O–H groups in total. The summed E-state index contributed by atoms with van der Waals surface area (Å²) >= 11 is 0. The number of aliphatic hydroxyl groups excluding tert-OH is 2. The molecule has 1 aliphatic carbocycles. The van der Waals surface area contributed by atoms with Gasteiger partial charge in [0.15, 0.2) is 11.5 Å². The van der Waals surface area contributed by atoms with Crippen LogP contribution in [-0.4, -0.2) is 77.2 Å². The average molecular weight is 484 g/mol. The molecule has 0 saturated heterocycles. The molecule has 5 rings (SSSR count). The third-order valence-corrected chi connectivity index (χ3v) is 7.19. The number of nitrogens with zero attached hydrogens (tertiary/aromatic N) is 1. The standard InChI is InChI=1S/C25H29N3O7/c1-11-20(29)18(26-24(32)13-7-5-4-6-12(13)9-28(2)3)16-14-8-15-23(35-10-34-15)22(31)17(14)25(33)27-19(16)21(11)30/h4-8,11,16,18-21,29-31H,9-10H2,1-3H3,(H,26,32)(H,27,33)/t11-,16+,18-,19-,20-,21-/m1/s1. The van der Waals surface area contributed by atoms with Crippen LogP contribution in [0.25, 0.3) is 0 Å². The van der Waals surface area contributed by atoms with Gasteiger partial charge in [-0.05, 0) is 37.4 Å². The number of hydrogen-bond donors (Lipinski definition) is 5. The monoisotopic (exact) mass is 483 g/mol. The van der Waals surface area contributed by atoms with Crippen molar-refractivity contribution in [2.45, 2.75) is 43.7 Å². The van der Waals surface area contributed by atoms with Crippen molar-refractivity contribution in [3.05, 3.63) is 52.6 Å². The third kappa shape index (κ3) is 3.78. The molecule has 35 heavy (non-hydrogen) atoms. The van der Waals surface area contributed by atoms with Gasteiger partial charge in [0.05, 0.1) is 29.9 Å². The van der Waals surface area contributed by atoms with Gasteiger partial charge in [-0.2, -0.15) is 0 Å². The first-order chi connectivity index (χ1) is 16.7. The first kappa shape index (κ1) is 23.4. The van der Waals surface area contributed by atoms with Gasteiger partial charge in [0.1, 0.15) is 0 Å². The minimum atomic E-state index is -1.12. The molecule has 186 valence electrons. The van der Waals surface area contributed by atoms with Crippen molar-refractivity contribution in [3.63, 3.8) is 0 Å². The maximum absolute atomic E-state index is 13.5. The highest BCUT2D eigenvalue weighted by Crippen LogP contribution is 2.50. The van der Waals surface area contributed by atoms with Gasteiger partial charge in [-0.25, -0.2) is 0 Å². The zero-order chi connectivity index (χ0) is 25.0. The van der Waals surface area contributed by atoms with E-state index in [1.54, 1.807) is 25.1 Å². The predicted octanol–water partition coefficient (Wildman–Crippen LogP) is 0.548. The van der Waals surface area contributed by atoms with Crippen LogP contribution in [0.3, 0.4) is 0 Å². The Kier molecular flexibility index (Phi) is 5.82. The van der Waals surface area contributed by atoms with Crippen molar-refractivity contribution in [2.75, 3.05) is 20.9 Å². The summed E-state index contributed by atoms with van der Waals surface area (Å²) in [5, 5.41) is 38.7. The Labute approximate surface area is 202 Å². The number of ether oxygens (including phenoxy) is 2. The number of rotatable bonds is 4. The van der Waals surface area contributed by atoms with Gasteiger partial charge in [-0.15, -0.1) is 0 Å². The SMILES string of the molecule is C[C@@H]1[C@@H](O)[C@H](NC(=O)c2ccccc2CN(C)C)[C@@H]2c3cc4c(c(O)c3C(=O)N[C@H]2[C@@H]1O)OCO4. The number of benzene rings is 2. The second-order valence-corrected chi connectivity index (χ2v) is 9.68. The number of hydrogen-bond acceptors (Lipinski definition) is 8. The fraction of sp³-hybridized carbons (Fsp3) is 0.440. The highest BCUT2D eigenvalue weighted by Gasteiger charge is 2.53. The minimum Gasteiger partial charge on any atom is -0.504 e. The molecular formula is C25H29N3O7. The zero-order valence-electron chi connectivity index (χ0n) is 19.7. The van der Waals surface area contributed by atoms with Gasteiger partial charge in [-0.3, -0.25) is 9.59 Å². The van der Waals surface area contributed by atoms with Crippen molar-refractivity contribution in [1.82, 2.24) is 15.5 Å². The third-order valence-electron chi connectivity index (χ3n) is 7.19. The molecule has 0 bridgehead atoms. The Balaban J connectivity index is 1.57. The summed E-state index contributed by atoms with van der Waals surface area (Å²) in [6.07, 6.45) is -2.19. The molecule has 0 radical (unpaired) electrons. The number of aliphatic hydroxyl groups is 2. The number of phenols is 1. The summed E-state index contributed by atoms with van der Waals surface area (Å²) in [7, 11) is 3.82. The summed E-state index contributed by atoms with van der Waals surface area (Å²) in [5.41, 5.74) is 1.65. The van der Waals surface area contributed by atoms with Gasteiger partial charge in [-0.1, -0.05) is 25.1 Å². The van der Waals surface area contributed by atoms with Crippen LogP contribution >= 0.6 is 0 Å². The number of nitrogens with one attached hydrogen (secondary N) is 2. The van der Waals surface area contributed by atoms with Crippen molar-refractivity contribution in [2.24, 2.45) is 5.92 Å². The quantitative estimate of drug-likeness (QED) is 0.425. The van der Waals surface area contributed by atoms with Crippen LogP contribution in [0.15, 0.2) is 30.3 Å². The molecule has 2 aliphatic heterocycles. The van der Waals surface area contributed by atoms with E-state index < -0.39 is 42.0 Å². The van der Waals surface area contributed by atoms with Crippen molar-refractivity contribution in [3.8, 4) is 17.2 Å². The molecule has 1 fully saturated rings. The smallest absolute Gasteiger partial charge is 0.255 e. The van der Waals surface area contributed by atoms with Crippen LogP contribution in [0.2, 0.25) is 0 Å². The molecular weight excluding hydrogens is 454 g/mol. The lowest BCUT2D eigenvalue weighted by Crippen LogP contribution is -2.67. The predicted molar refractivity (Wildman–Crippen MR) is 124 cm³/mol. The number of fused-ring (bicyclic) bond motifs is 4. The Bertz CT molecular complexity index is 1180. The number of amides is 2. The summed E-state index contributed by atoms with van der Waals surface area (Å²) in [5.74, 6) is -2.34. The summed E-state index contributed by atoms with van der Waals surface area (Å²) in [6.45, 7) is 2.12. The minimum absolute atomic E-state index is 0.0169. The summed E-state index contributed by atoms with van der Waals surface area (Å²) in [6, 6.07) is 7.15. The van der Waals surface area contributed by atoms with Crippen molar-refractivity contribution < 1.29 is 34.4 Å². The molecule has 10 heteroatoms. The molecule has 2 aromatic rings. The first-order valence-corrected chi connectivity index (χ1v) is 11.5. The Morgan fingerprint density at radius 3 is 2.69 bits per heavy atom. The van der Waals surface area contributed by atoms with Crippen LogP contribution in [0.1, 0.15) is 44.7 Å². The van der Waals surface area contributed by atoms with Crippen molar-refractivity contribution >= 4 is 11.8 Å². The van der Waals surface area contributed by atoms with E-state index in [2.05, 4.69) is 10.6 Å².